The van der Waals surface area contributed by atoms with Crippen molar-refractivity contribution in [2.45, 2.75) is 31.3 Å². The van der Waals surface area contributed by atoms with Crippen molar-refractivity contribution in [2.75, 3.05) is 13.1 Å². The van der Waals surface area contributed by atoms with E-state index in [1.807, 2.05) is 0 Å². The van der Waals surface area contributed by atoms with Crippen molar-refractivity contribution >= 4 is 11.6 Å². The Morgan fingerprint density at radius 2 is 2.14 bits per heavy atom. The monoisotopic (exact) mass is 291 g/mol. The summed E-state index contributed by atoms with van der Waals surface area (Å²) in [5, 5.41) is 23.5. The van der Waals surface area contributed by atoms with Crippen molar-refractivity contribution in [2.24, 2.45) is 0 Å². The van der Waals surface area contributed by atoms with E-state index in [0.717, 1.165) is 19.5 Å². The number of nitro groups is 1. The van der Waals surface area contributed by atoms with Crippen molar-refractivity contribution in [3.05, 3.63) is 33.9 Å². The van der Waals surface area contributed by atoms with Crippen molar-refractivity contribution < 1.29 is 14.8 Å². The van der Waals surface area contributed by atoms with Crippen LogP contribution in [0.3, 0.4) is 0 Å². The minimum absolute atomic E-state index is 0.0387. The SMILES string of the molecule is O=C(NC1CCN(C2CC2)C1)c1cccc([N+](=O)[O-])c1O. The second kappa shape index (κ2) is 5.33. The predicted octanol–water partition coefficient (Wildman–Crippen LogP) is 1.27. The molecule has 2 fully saturated rings. The van der Waals surface area contributed by atoms with Crippen LogP contribution in [0.4, 0.5) is 5.69 Å². The summed E-state index contributed by atoms with van der Waals surface area (Å²) in [6.45, 7) is 1.78. The number of likely N-dealkylation sites (tertiary alicyclic amines) is 1. The molecule has 1 unspecified atom stereocenters. The van der Waals surface area contributed by atoms with E-state index in [9.17, 15) is 20.0 Å². The van der Waals surface area contributed by atoms with E-state index >= 15 is 0 Å². The molecule has 1 aliphatic carbocycles. The van der Waals surface area contributed by atoms with Crippen molar-refractivity contribution in [1.82, 2.24) is 10.2 Å². The Kier molecular flexibility index (Phi) is 3.50. The molecule has 0 aromatic heterocycles. The molecule has 0 spiro atoms. The molecule has 1 amide bonds. The first-order chi connectivity index (χ1) is 10.1. The van der Waals surface area contributed by atoms with Crippen molar-refractivity contribution in [1.29, 1.82) is 0 Å². The van der Waals surface area contributed by atoms with Gasteiger partial charge in [-0.2, -0.15) is 0 Å². The summed E-state index contributed by atoms with van der Waals surface area (Å²) in [6.07, 6.45) is 3.33. The van der Waals surface area contributed by atoms with E-state index in [-0.39, 0.29) is 11.6 Å². The molecular formula is C14H17N3O4. The molecule has 1 aromatic carbocycles. The van der Waals surface area contributed by atoms with E-state index in [0.29, 0.717) is 6.04 Å². The van der Waals surface area contributed by atoms with Gasteiger partial charge in [0, 0.05) is 31.2 Å². The van der Waals surface area contributed by atoms with Crippen LogP contribution < -0.4 is 5.32 Å². The number of nitro benzene ring substituents is 1. The minimum Gasteiger partial charge on any atom is -0.502 e. The molecule has 3 rings (SSSR count). The first kappa shape index (κ1) is 13.8. The molecule has 1 heterocycles. The number of carbonyl (C=O) groups excluding carboxylic acids is 1. The van der Waals surface area contributed by atoms with Crippen LogP contribution >= 0.6 is 0 Å². The standard InChI is InChI=1S/C14H17N3O4/c18-13-11(2-1-3-12(13)17(20)21)14(19)15-9-6-7-16(8-9)10-4-5-10/h1-3,9-10,18H,4-8H2,(H,15,19). The molecular weight excluding hydrogens is 274 g/mol. The number of benzene rings is 1. The first-order valence-corrected chi connectivity index (χ1v) is 7.07. The molecule has 1 aromatic rings. The van der Waals surface area contributed by atoms with E-state index in [4.69, 9.17) is 0 Å². The Morgan fingerprint density at radius 1 is 1.38 bits per heavy atom. The summed E-state index contributed by atoms with van der Waals surface area (Å²) in [6, 6.07) is 4.68. The molecule has 21 heavy (non-hydrogen) atoms. The van der Waals surface area contributed by atoms with Gasteiger partial charge in [-0.15, -0.1) is 0 Å². The van der Waals surface area contributed by atoms with E-state index in [1.54, 1.807) is 0 Å². The van der Waals surface area contributed by atoms with Crippen LogP contribution in [0, 0.1) is 10.1 Å². The number of hydrogen-bond donors (Lipinski definition) is 2. The second-order valence-corrected chi connectivity index (χ2v) is 5.62. The maximum absolute atomic E-state index is 12.2. The third-order valence-corrected chi connectivity index (χ3v) is 4.07. The van der Waals surface area contributed by atoms with Crippen LogP contribution in [0.25, 0.3) is 0 Å². The van der Waals surface area contributed by atoms with Gasteiger partial charge in [0.15, 0.2) is 0 Å². The molecule has 0 radical (unpaired) electrons. The number of phenols is 1. The van der Waals surface area contributed by atoms with Crippen LogP contribution in [0.2, 0.25) is 0 Å². The summed E-state index contributed by atoms with van der Waals surface area (Å²) >= 11 is 0. The number of phenolic OH excluding ortho intramolecular Hbond substituents is 1. The minimum atomic E-state index is -0.698. The first-order valence-electron chi connectivity index (χ1n) is 7.07. The zero-order valence-corrected chi connectivity index (χ0v) is 11.5. The van der Waals surface area contributed by atoms with Gasteiger partial charge in [0.1, 0.15) is 0 Å². The summed E-state index contributed by atoms with van der Waals surface area (Å²) < 4.78 is 0. The van der Waals surface area contributed by atoms with Gasteiger partial charge in [-0.25, -0.2) is 0 Å². The van der Waals surface area contributed by atoms with Gasteiger partial charge >= 0.3 is 5.69 Å². The lowest BCUT2D eigenvalue weighted by Crippen LogP contribution is -2.37. The van der Waals surface area contributed by atoms with Crippen LogP contribution in [0.5, 0.6) is 5.75 Å². The summed E-state index contributed by atoms with van der Waals surface area (Å²) in [4.78, 5) is 24.6. The molecule has 0 bridgehead atoms. The van der Waals surface area contributed by atoms with Gasteiger partial charge < -0.3 is 10.4 Å². The Labute approximate surface area is 121 Å². The van der Waals surface area contributed by atoms with Crippen LogP contribution in [-0.4, -0.2) is 46.0 Å². The second-order valence-electron chi connectivity index (χ2n) is 5.62. The fourth-order valence-corrected chi connectivity index (χ4v) is 2.80. The lowest BCUT2D eigenvalue weighted by atomic mass is 10.1. The van der Waals surface area contributed by atoms with Gasteiger partial charge in [-0.1, -0.05) is 6.07 Å². The summed E-state index contributed by atoms with van der Waals surface area (Å²) in [7, 11) is 0. The number of para-hydroxylation sites is 1. The number of rotatable bonds is 4. The number of nitrogens with zero attached hydrogens (tertiary/aromatic N) is 2. The topological polar surface area (TPSA) is 95.7 Å². The van der Waals surface area contributed by atoms with Crippen LogP contribution in [-0.2, 0) is 0 Å². The third kappa shape index (κ3) is 2.82. The maximum atomic E-state index is 12.2. The Morgan fingerprint density at radius 3 is 2.81 bits per heavy atom. The van der Waals surface area contributed by atoms with E-state index < -0.39 is 22.3 Å². The highest BCUT2D eigenvalue weighted by Crippen LogP contribution is 2.31. The van der Waals surface area contributed by atoms with Gasteiger partial charge in [0.2, 0.25) is 5.75 Å². The molecule has 1 saturated heterocycles. The zero-order valence-electron chi connectivity index (χ0n) is 11.5. The van der Waals surface area contributed by atoms with Crippen molar-refractivity contribution in [3.63, 3.8) is 0 Å². The number of amides is 1. The molecule has 2 aliphatic rings. The smallest absolute Gasteiger partial charge is 0.311 e. The van der Waals surface area contributed by atoms with Crippen LogP contribution in [0.1, 0.15) is 29.6 Å². The zero-order chi connectivity index (χ0) is 15.0. The van der Waals surface area contributed by atoms with Gasteiger partial charge in [-0.3, -0.25) is 19.8 Å². The van der Waals surface area contributed by atoms with Gasteiger partial charge in [0.05, 0.1) is 10.5 Å². The lowest BCUT2D eigenvalue weighted by Gasteiger charge is -2.16. The van der Waals surface area contributed by atoms with Crippen LogP contribution in [0.15, 0.2) is 18.2 Å². The maximum Gasteiger partial charge on any atom is 0.311 e. The number of nitrogens with one attached hydrogen (secondary N) is 1. The molecule has 1 saturated carbocycles. The Balaban J connectivity index is 1.68. The molecule has 112 valence electrons. The van der Waals surface area contributed by atoms with E-state index in [1.165, 1.54) is 31.0 Å². The fourth-order valence-electron chi connectivity index (χ4n) is 2.80. The van der Waals surface area contributed by atoms with Gasteiger partial charge in [-0.05, 0) is 25.3 Å². The number of hydrogen-bond acceptors (Lipinski definition) is 5. The number of aromatic hydroxyl groups is 1. The Bertz CT molecular complexity index is 586. The van der Waals surface area contributed by atoms with Gasteiger partial charge in [0.25, 0.3) is 5.91 Å². The fraction of sp³-hybridized carbons (Fsp3) is 0.500. The van der Waals surface area contributed by atoms with E-state index in [2.05, 4.69) is 10.2 Å². The molecule has 7 heteroatoms. The van der Waals surface area contributed by atoms with Crippen molar-refractivity contribution in [3.8, 4) is 5.75 Å². The Hall–Kier alpha value is -2.15. The summed E-state index contributed by atoms with van der Waals surface area (Å²) in [5.74, 6) is -1.03. The predicted molar refractivity (Wildman–Crippen MR) is 75.2 cm³/mol. The average Bonchev–Trinajstić information content (AvgIpc) is 3.19. The lowest BCUT2D eigenvalue weighted by molar-refractivity contribution is -0.385. The highest BCUT2D eigenvalue weighted by Gasteiger charge is 2.35. The highest BCUT2D eigenvalue weighted by molar-refractivity contribution is 5.98. The number of carbonyl (C=O) groups is 1. The molecule has 2 N–H and O–H groups in total. The molecule has 1 atom stereocenters. The average molecular weight is 291 g/mol. The normalized spacial score (nSPS) is 22.2. The summed E-state index contributed by atoms with van der Waals surface area (Å²) in [5.41, 5.74) is -0.497. The quantitative estimate of drug-likeness (QED) is 0.643. The highest BCUT2D eigenvalue weighted by atomic mass is 16.6. The molecule has 1 aliphatic heterocycles. The third-order valence-electron chi connectivity index (χ3n) is 4.07. The largest absolute Gasteiger partial charge is 0.502 e. The molecule has 7 nitrogen and oxygen atoms in total.